The van der Waals surface area contributed by atoms with E-state index < -0.39 is 38.7 Å². The molecule has 0 unspecified atom stereocenters. The summed E-state index contributed by atoms with van der Waals surface area (Å²) in [5.74, 6) is -0.672. The zero-order chi connectivity index (χ0) is 26.4. The van der Waals surface area contributed by atoms with E-state index in [9.17, 15) is 26.0 Å². The number of nitrogens with zero attached hydrogens (tertiary/aromatic N) is 5. The maximum Gasteiger partial charge on any atom is 0.419 e. The Morgan fingerprint density at radius 3 is 2.44 bits per heavy atom. The molecule has 9 nitrogen and oxygen atoms in total. The second-order valence-corrected chi connectivity index (χ2v) is 10.8. The lowest BCUT2D eigenvalue weighted by atomic mass is 9.90. The number of nitrogens with one attached hydrogen (secondary N) is 1. The van der Waals surface area contributed by atoms with E-state index in [1.54, 1.807) is 13.8 Å². The first-order valence-corrected chi connectivity index (χ1v) is 12.4. The predicted octanol–water partition coefficient (Wildman–Crippen LogP) is 4.23. The van der Waals surface area contributed by atoms with Crippen LogP contribution in [0.1, 0.15) is 31.1 Å². The van der Waals surface area contributed by atoms with Gasteiger partial charge in [-0.15, -0.1) is 10.2 Å². The van der Waals surface area contributed by atoms with Crippen molar-refractivity contribution in [1.82, 2.24) is 24.0 Å². The molecule has 0 radical (unpaired) electrons. The molecule has 2 aromatic carbocycles. The number of anilines is 1. The molecule has 3 heterocycles. The van der Waals surface area contributed by atoms with Crippen LogP contribution in [0.4, 0.5) is 23.2 Å². The average molecular weight is 525 g/mol. The van der Waals surface area contributed by atoms with Gasteiger partial charge in [0.1, 0.15) is 17.4 Å². The van der Waals surface area contributed by atoms with Crippen LogP contribution < -0.4 is 10.1 Å². The molecule has 0 aliphatic carbocycles. The minimum atomic E-state index is -4.95. The second kappa shape index (κ2) is 7.41. The van der Waals surface area contributed by atoms with Crippen LogP contribution in [-0.2, 0) is 21.7 Å². The highest BCUT2D eigenvalue weighted by molar-refractivity contribution is 7.89. The average Bonchev–Trinajstić information content (AvgIpc) is 3.35. The zero-order valence-corrected chi connectivity index (χ0v) is 20.5. The molecule has 0 saturated carbocycles. The first-order valence-electron chi connectivity index (χ1n) is 10.6. The maximum absolute atomic E-state index is 14.9. The molecule has 0 atom stereocenters. The topological polar surface area (TPSA) is 104 Å². The molecular formula is C22H20F4N6O3S. The third kappa shape index (κ3) is 3.42. The van der Waals surface area contributed by atoms with E-state index in [0.717, 1.165) is 24.6 Å². The van der Waals surface area contributed by atoms with Crippen molar-refractivity contribution in [3.05, 3.63) is 47.4 Å². The SMILES string of the molecule is COc1cc2c(c(C(F)(F)F)c1-c1cc(F)cc3c1cnn3S(C)(=O)=O)-n1c(C)nnc1C(C)(C)N2. The van der Waals surface area contributed by atoms with E-state index in [4.69, 9.17) is 4.74 Å². The van der Waals surface area contributed by atoms with Gasteiger partial charge in [-0.05, 0) is 26.8 Å². The zero-order valence-electron chi connectivity index (χ0n) is 19.7. The van der Waals surface area contributed by atoms with Gasteiger partial charge < -0.3 is 10.1 Å². The highest BCUT2D eigenvalue weighted by Gasteiger charge is 2.45. The van der Waals surface area contributed by atoms with Crippen molar-refractivity contribution in [2.24, 2.45) is 0 Å². The van der Waals surface area contributed by atoms with E-state index in [1.165, 1.54) is 24.7 Å². The number of fused-ring (bicyclic) bond motifs is 4. The summed E-state index contributed by atoms with van der Waals surface area (Å²) in [7, 11) is -2.77. The molecule has 190 valence electrons. The molecule has 1 aliphatic heterocycles. The fourth-order valence-corrected chi connectivity index (χ4v) is 5.37. The number of aryl methyl sites for hydroxylation is 1. The van der Waals surface area contributed by atoms with Gasteiger partial charge in [-0.3, -0.25) is 4.57 Å². The van der Waals surface area contributed by atoms with Crippen molar-refractivity contribution < 1.29 is 30.7 Å². The number of rotatable bonds is 3. The van der Waals surface area contributed by atoms with Crippen LogP contribution in [0.2, 0.25) is 0 Å². The molecular weight excluding hydrogens is 504 g/mol. The first kappa shape index (κ1) is 24.0. The van der Waals surface area contributed by atoms with Crippen LogP contribution in [-0.4, -0.2) is 45.7 Å². The minimum absolute atomic E-state index is 0.00428. The number of halogens is 4. The molecule has 2 aromatic heterocycles. The third-order valence-corrected chi connectivity index (χ3v) is 6.95. The lowest BCUT2D eigenvalue weighted by Gasteiger charge is -2.36. The first-order chi connectivity index (χ1) is 16.6. The number of ether oxygens (including phenoxy) is 1. The molecule has 5 rings (SSSR count). The van der Waals surface area contributed by atoms with Crippen LogP contribution >= 0.6 is 0 Å². The van der Waals surface area contributed by atoms with Crippen LogP contribution in [0.5, 0.6) is 5.75 Å². The molecule has 0 saturated heterocycles. The van der Waals surface area contributed by atoms with E-state index in [1.807, 2.05) is 0 Å². The quantitative estimate of drug-likeness (QED) is 0.400. The number of aromatic nitrogens is 5. The minimum Gasteiger partial charge on any atom is -0.496 e. The van der Waals surface area contributed by atoms with Gasteiger partial charge in [-0.1, -0.05) is 0 Å². The van der Waals surface area contributed by atoms with Gasteiger partial charge in [-0.25, -0.2) is 12.8 Å². The maximum atomic E-state index is 14.9. The van der Waals surface area contributed by atoms with Gasteiger partial charge in [0.15, 0.2) is 5.82 Å². The monoisotopic (exact) mass is 524 g/mol. The van der Waals surface area contributed by atoms with Crippen LogP contribution in [0.15, 0.2) is 24.4 Å². The summed E-state index contributed by atoms with van der Waals surface area (Å²) in [4.78, 5) is 0. The Hall–Kier alpha value is -3.68. The molecule has 36 heavy (non-hydrogen) atoms. The van der Waals surface area contributed by atoms with E-state index >= 15 is 0 Å². The summed E-state index contributed by atoms with van der Waals surface area (Å²) < 4.78 is 91.1. The number of methoxy groups -OCH3 is 1. The fourth-order valence-electron chi connectivity index (χ4n) is 4.65. The molecule has 0 amide bonds. The summed E-state index contributed by atoms with van der Waals surface area (Å²) in [5.41, 5.74) is -3.06. The number of hydrogen-bond donors (Lipinski definition) is 1. The molecule has 1 aliphatic rings. The highest BCUT2D eigenvalue weighted by atomic mass is 32.2. The summed E-state index contributed by atoms with van der Waals surface area (Å²) in [6.45, 7) is 5.03. The van der Waals surface area contributed by atoms with Crippen molar-refractivity contribution in [2.75, 3.05) is 18.7 Å². The summed E-state index contributed by atoms with van der Waals surface area (Å²) >= 11 is 0. The van der Waals surface area contributed by atoms with Crippen molar-refractivity contribution >= 4 is 26.6 Å². The standard InChI is InChI=1S/C22H20F4N6O3S/c1-10-29-30-20-21(2,3)28-14-8-16(35-4)17(18(22(24,25)26)19(14)31(10)20)12-6-11(23)7-15-13(12)9-27-32(15)36(5,33)34/h6-9,28H,1-5H3. The van der Waals surface area contributed by atoms with Crippen molar-refractivity contribution in [2.45, 2.75) is 32.5 Å². The number of hydrogen-bond acceptors (Lipinski definition) is 7. The number of alkyl halides is 3. The summed E-state index contributed by atoms with van der Waals surface area (Å²) in [6, 6.07) is 3.19. The Kier molecular flexibility index (Phi) is 4.95. The Balaban J connectivity index is 1.98. The van der Waals surface area contributed by atoms with Gasteiger partial charge >= 0.3 is 6.18 Å². The van der Waals surface area contributed by atoms with Gasteiger partial charge in [0.2, 0.25) is 0 Å². The smallest absolute Gasteiger partial charge is 0.419 e. The summed E-state index contributed by atoms with van der Waals surface area (Å²) in [6.07, 6.45) is -3.01. The Labute approximate surface area is 202 Å². The van der Waals surface area contributed by atoms with Crippen molar-refractivity contribution in [3.63, 3.8) is 0 Å². The molecule has 0 spiro atoms. The van der Waals surface area contributed by atoms with Crippen LogP contribution in [0.3, 0.4) is 0 Å². The number of benzene rings is 2. The molecule has 1 N–H and O–H groups in total. The Bertz CT molecular complexity index is 1670. The lowest BCUT2D eigenvalue weighted by Crippen LogP contribution is -2.37. The van der Waals surface area contributed by atoms with E-state index in [2.05, 4.69) is 20.6 Å². The Morgan fingerprint density at radius 2 is 1.83 bits per heavy atom. The highest BCUT2D eigenvalue weighted by Crippen LogP contribution is 2.52. The van der Waals surface area contributed by atoms with Gasteiger partial charge in [0.05, 0.1) is 47.6 Å². The Morgan fingerprint density at radius 1 is 1.14 bits per heavy atom. The molecule has 0 fully saturated rings. The van der Waals surface area contributed by atoms with Crippen LogP contribution in [0, 0.1) is 12.7 Å². The van der Waals surface area contributed by atoms with E-state index in [-0.39, 0.29) is 45.2 Å². The largest absolute Gasteiger partial charge is 0.496 e. The third-order valence-electron chi connectivity index (χ3n) is 6.03. The van der Waals surface area contributed by atoms with Crippen molar-refractivity contribution in [1.29, 1.82) is 0 Å². The van der Waals surface area contributed by atoms with Gasteiger partial charge in [0.25, 0.3) is 10.0 Å². The predicted molar refractivity (Wildman–Crippen MR) is 123 cm³/mol. The summed E-state index contributed by atoms with van der Waals surface area (Å²) in [5, 5.41) is 14.9. The normalized spacial score (nSPS) is 14.9. The lowest BCUT2D eigenvalue weighted by molar-refractivity contribution is -0.137. The fraction of sp³-hybridized carbons (Fsp3) is 0.318. The van der Waals surface area contributed by atoms with Crippen LogP contribution in [0.25, 0.3) is 27.7 Å². The van der Waals surface area contributed by atoms with Gasteiger partial charge in [-0.2, -0.15) is 22.4 Å². The van der Waals surface area contributed by atoms with Crippen molar-refractivity contribution in [3.8, 4) is 22.6 Å². The van der Waals surface area contributed by atoms with Gasteiger partial charge in [0, 0.05) is 28.6 Å². The van der Waals surface area contributed by atoms with E-state index in [0.29, 0.717) is 4.09 Å². The molecule has 0 bridgehead atoms. The molecule has 14 heteroatoms. The molecule has 4 aromatic rings. The second-order valence-electron chi connectivity index (χ2n) is 9.02.